The van der Waals surface area contributed by atoms with Gasteiger partial charge in [-0.05, 0) is 18.2 Å². The van der Waals surface area contributed by atoms with E-state index < -0.39 is 10.8 Å². The summed E-state index contributed by atoms with van der Waals surface area (Å²) >= 11 is 0. The molecule has 3 heteroatoms. The van der Waals surface area contributed by atoms with E-state index in [9.17, 15) is 4.21 Å². The third-order valence-corrected chi connectivity index (χ3v) is 5.64. The quantitative estimate of drug-likeness (QED) is 0.845. The summed E-state index contributed by atoms with van der Waals surface area (Å²) < 4.78 is 12.6. The van der Waals surface area contributed by atoms with Gasteiger partial charge in [-0.3, -0.25) is 9.11 Å². The molecule has 2 aromatic rings. The van der Waals surface area contributed by atoms with E-state index >= 15 is 0 Å². The van der Waals surface area contributed by atoms with E-state index in [0.717, 1.165) is 12.3 Å². The average Bonchev–Trinajstić information content (AvgIpc) is 2.51. The fraction of sp³-hybridized carbons (Fsp3) is 0.294. The Morgan fingerprint density at radius 1 is 0.950 bits per heavy atom. The van der Waals surface area contributed by atoms with Crippen LogP contribution in [0.25, 0.3) is 0 Å². The molecular weight excluding hydrogens is 266 g/mol. The van der Waals surface area contributed by atoms with Gasteiger partial charge in [0.2, 0.25) is 0 Å². The third-order valence-electron chi connectivity index (χ3n) is 3.96. The maximum atomic E-state index is 12.6. The lowest BCUT2D eigenvalue weighted by molar-refractivity contribution is 0.240. The molecule has 0 spiro atoms. The van der Waals surface area contributed by atoms with Crippen molar-refractivity contribution in [3.8, 4) is 0 Å². The minimum Gasteiger partial charge on any atom is -0.297 e. The van der Waals surface area contributed by atoms with Gasteiger partial charge in [0.1, 0.15) is 0 Å². The summed E-state index contributed by atoms with van der Waals surface area (Å²) in [7, 11) is 1.31. The van der Waals surface area contributed by atoms with E-state index in [1.165, 1.54) is 11.1 Å². The van der Waals surface area contributed by atoms with Crippen molar-refractivity contribution in [1.29, 1.82) is 0 Å². The van der Waals surface area contributed by atoms with Crippen LogP contribution in [0.3, 0.4) is 0 Å². The molecular formula is C17H19NOS. The molecule has 1 aliphatic heterocycles. The molecule has 2 nitrogen and oxygen atoms in total. The highest BCUT2D eigenvalue weighted by atomic mass is 32.2. The number of benzene rings is 2. The SMILES string of the molecule is CN1CCS(=O)[C@H](c2ccccc2)[C@@H]1c1ccccc1. The second kappa shape index (κ2) is 5.90. The van der Waals surface area contributed by atoms with Crippen LogP contribution < -0.4 is 0 Å². The Kier molecular flexibility index (Phi) is 3.99. The largest absolute Gasteiger partial charge is 0.297 e. The lowest BCUT2D eigenvalue weighted by Gasteiger charge is -2.39. The molecule has 0 radical (unpaired) electrons. The lowest BCUT2D eigenvalue weighted by atomic mass is 9.97. The molecule has 2 aromatic carbocycles. The fourth-order valence-corrected chi connectivity index (χ4v) is 4.77. The van der Waals surface area contributed by atoms with Crippen LogP contribution in [0.4, 0.5) is 0 Å². The molecule has 1 heterocycles. The van der Waals surface area contributed by atoms with Crippen LogP contribution in [-0.2, 0) is 10.8 Å². The van der Waals surface area contributed by atoms with Crippen molar-refractivity contribution in [2.24, 2.45) is 0 Å². The molecule has 1 fully saturated rings. The molecule has 3 rings (SSSR count). The van der Waals surface area contributed by atoms with Crippen LogP contribution >= 0.6 is 0 Å². The zero-order chi connectivity index (χ0) is 13.9. The number of likely N-dealkylation sites (N-methyl/N-ethyl adjacent to an activating group) is 1. The van der Waals surface area contributed by atoms with Crippen LogP contribution in [0.15, 0.2) is 60.7 Å². The first-order chi connectivity index (χ1) is 9.77. The Morgan fingerprint density at radius 3 is 2.10 bits per heavy atom. The number of rotatable bonds is 2. The molecule has 0 aliphatic carbocycles. The van der Waals surface area contributed by atoms with Gasteiger partial charge in [-0.15, -0.1) is 0 Å². The zero-order valence-corrected chi connectivity index (χ0v) is 12.4. The standard InChI is InChI=1S/C17H19NOS/c1-18-12-13-20(19)17(15-10-6-3-7-11-15)16(18)14-8-4-2-5-9-14/h2-11,16-17H,12-13H2,1H3/t16-,17+,20?/m0/s1. The second-order valence-corrected chi connectivity index (χ2v) is 6.93. The first-order valence-corrected chi connectivity index (χ1v) is 8.33. The van der Waals surface area contributed by atoms with Gasteiger partial charge in [-0.1, -0.05) is 60.7 Å². The third kappa shape index (κ3) is 2.56. The maximum absolute atomic E-state index is 12.6. The van der Waals surface area contributed by atoms with E-state index in [1.54, 1.807) is 0 Å². The monoisotopic (exact) mass is 285 g/mol. The van der Waals surface area contributed by atoms with Crippen molar-refractivity contribution < 1.29 is 4.21 Å². The van der Waals surface area contributed by atoms with Gasteiger partial charge in [0.15, 0.2) is 0 Å². The van der Waals surface area contributed by atoms with E-state index in [4.69, 9.17) is 0 Å². The van der Waals surface area contributed by atoms with Crippen LogP contribution in [0.1, 0.15) is 22.4 Å². The second-order valence-electron chi connectivity index (χ2n) is 5.25. The van der Waals surface area contributed by atoms with Crippen molar-refractivity contribution in [2.75, 3.05) is 19.3 Å². The van der Waals surface area contributed by atoms with Crippen LogP contribution in [-0.4, -0.2) is 28.5 Å². The van der Waals surface area contributed by atoms with E-state index in [0.29, 0.717) is 0 Å². The minimum absolute atomic E-state index is 0.0531. The average molecular weight is 285 g/mol. The predicted octanol–water partition coefficient (Wildman–Crippen LogP) is 3.16. The van der Waals surface area contributed by atoms with Gasteiger partial charge in [0.25, 0.3) is 0 Å². The van der Waals surface area contributed by atoms with Crippen molar-refractivity contribution in [3.63, 3.8) is 0 Å². The Morgan fingerprint density at radius 2 is 1.50 bits per heavy atom. The molecule has 20 heavy (non-hydrogen) atoms. The van der Waals surface area contributed by atoms with Gasteiger partial charge >= 0.3 is 0 Å². The zero-order valence-electron chi connectivity index (χ0n) is 11.6. The smallest absolute Gasteiger partial charge is 0.0794 e. The highest BCUT2D eigenvalue weighted by molar-refractivity contribution is 7.85. The normalized spacial score (nSPS) is 27.4. The predicted molar refractivity (Wildman–Crippen MR) is 84.0 cm³/mol. The maximum Gasteiger partial charge on any atom is 0.0794 e. The van der Waals surface area contributed by atoms with Crippen LogP contribution in [0.2, 0.25) is 0 Å². The summed E-state index contributed by atoms with van der Waals surface area (Å²) in [6, 6.07) is 20.9. The summed E-state index contributed by atoms with van der Waals surface area (Å²) in [4.78, 5) is 2.33. The molecule has 0 aromatic heterocycles. The summed E-state index contributed by atoms with van der Waals surface area (Å²) in [6.45, 7) is 0.884. The molecule has 1 aliphatic rings. The molecule has 0 saturated carbocycles. The van der Waals surface area contributed by atoms with Crippen molar-refractivity contribution >= 4 is 10.8 Å². The van der Waals surface area contributed by atoms with Gasteiger partial charge in [0.05, 0.1) is 11.3 Å². The summed E-state index contributed by atoms with van der Waals surface area (Å²) in [5.74, 6) is 0.749. The highest BCUT2D eigenvalue weighted by Gasteiger charge is 2.36. The van der Waals surface area contributed by atoms with Gasteiger partial charge in [-0.25, -0.2) is 0 Å². The molecule has 1 unspecified atom stereocenters. The van der Waals surface area contributed by atoms with Gasteiger partial charge < -0.3 is 0 Å². The summed E-state index contributed by atoms with van der Waals surface area (Å²) in [6.07, 6.45) is 0. The van der Waals surface area contributed by atoms with Gasteiger partial charge in [0, 0.05) is 23.1 Å². The van der Waals surface area contributed by atoms with Crippen molar-refractivity contribution in [2.45, 2.75) is 11.3 Å². The van der Waals surface area contributed by atoms with Crippen LogP contribution in [0.5, 0.6) is 0 Å². The number of nitrogens with zero attached hydrogens (tertiary/aromatic N) is 1. The summed E-state index contributed by atoms with van der Waals surface area (Å²) in [5.41, 5.74) is 2.42. The fourth-order valence-electron chi connectivity index (χ4n) is 2.93. The lowest BCUT2D eigenvalue weighted by Crippen LogP contribution is -2.40. The van der Waals surface area contributed by atoms with Gasteiger partial charge in [-0.2, -0.15) is 0 Å². The first-order valence-electron chi connectivity index (χ1n) is 6.94. The Hall–Kier alpha value is -1.45. The van der Waals surface area contributed by atoms with Crippen molar-refractivity contribution in [3.05, 3.63) is 71.8 Å². The minimum atomic E-state index is -0.822. The topological polar surface area (TPSA) is 20.3 Å². The first kappa shape index (κ1) is 13.5. The molecule has 0 amide bonds. The Labute approximate surface area is 122 Å². The van der Waals surface area contributed by atoms with E-state index in [-0.39, 0.29) is 11.3 Å². The molecule has 0 N–H and O–H groups in total. The molecule has 1 saturated heterocycles. The molecule has 0 bridgehead atoms. The van der Waals surface area contributed by atoms with E-state index in [2.05, 4.69) is 48.3 Å². The molecule has 104 valence electrons. The molecule has 3 atom stereocenters. The van der Waals surface area contributed by atoms with E-state index in [1.807, 2.05) is 24.3 Å². The number of hydrogen-bond donors (Lipinski definition) is 0. The summed E-state index contributed by atoms with van der Waals surface area (Å²) in [5, 5.41) is 0.0531. The number of hydrogen-bond acceptors (Lipinski definition) is 2. The van der Waals surface area contributed by atoms with Crippen molar-refractivity contribution in [1.82, 2.24) is 4.90 Å². The highest BCUT2D eigenvalue weighted by Crippen LogP contribution is 2.40. The Balaban J connectivity index is 2.05. The van der Waals surface area contributed by atoms with Crippen LogP contribution in [0, 0.1) is 0 Å². The Bertz CT molecular complexity index is 584.